The topological polar surface area (TPSA) is 81.2 Å². The van der Waals surface area contributed by atoms with Gasteiger partial charge in [0.25, 0.3) is 0 Å². The number of nitrogens with one attached hydrogen (secondary N) is 1. The number of carbonyl (C=O) groups excluding carboxylic acids is 2. The van der Waals surface area contributed by atoms with E-state index >= 15 is 0 Å². The van der Waals surface area contributed by atoms with Gasteiger partial charge >= 0.3 is 0 Å². The van der Waals surface area contributed by atoms with Crippen molar-refractivity contribution in [2.75, 3.05) is 12.4 Å². The SMILES string of the molecule is COc1cccc(NC2=C(Cl)C(=O)c3cnncc3C2=O)c1. The first kappa shape index (κ1) is 14.2. The predicted octanol–water partition coefficient (Wildman–Crippen LogP) is 2.43. The summed E-state index contributed by atoms with van der Waals surface area (Å²) in [4.78, 5) is 24.7. The van der Waals surface area contributed by atoms with Crippen LogP contribution in [0.1, 0.15) is 20.7 Å². The third kappa shape index (κ3) is 2.33. The Morgan fingerprint density at radius 2 is 1.77 bits per heavy atom. The number of aromatic nitrogens is 2. The first-order chi connectivity index (χ1) is 10.6. The molecule has 1 aromatic heterocycles. The molecular formula is C15H10ClN3O3. The summed E-state index contributed by atoms with van der Waals surface area (Å²) in [7, 11) is 1.54. The molecule has 1 heterocycles. The summed E-state index contributed by atoms with van der Waals surface area (Å²) in [5, 5.41) is 9.95. The number of nitrogens with zero attached hydrogens (tertiary/aromatic N) is 2. The van der Waals surface area contributed by atoms with Gasteiger partial charge in [0.2, 0.25) is 11.6 Å². The Kier molecular flexibility index (Phi) is 3.60. The summed E-state index contributed by atoms with van der Waals surface area (Å²) >= 11 is 6.05. The molecule has 110 valence electrons. The van der Waals surface area contributed by atoms with Gasteiger partial charge in [0, 0.05) is 11.8 Å². The van der Waals surface area contributed by atoms with Crippen molar-refractivity contribution in [1.29, 1.82) is 0 Å². The number of fused-ring (bicyclic) bond motifs is 1. The van der Waals surface area contributed by atoms with Crippen LogP contribution in [0.3, 0.4) is 0 Å². The molecule has 0 fully saturated rings. The number of rotatable bonds is 3. The summed E-state index contributed by atoms with van der Waals surface area (Å²) in [5.41, 5.74) is 0.926. The van der Waals surface area contributed by atoms with Crippen LogP contribution in [-0.4, -0.2) is 28.9 Å². The molecule has 0 spiro atoms. The molecule has 1 aliphatic carbocycles. The number of ketones is 2. The van der Waals surface area contributed by atoms with E-state index in [1.807, 2.05) is 0 Å². The highest BCUT2D eigenvalue weighted by Gasteiger charge is 2.32. The zero-order chi connectivity index (χ0) is 15.7. The summed E-state index contributed by atoms with van der Waals surface area (Å²) < 4.78 is 5.12. The van der Waals surface area contributed by atoms with Crippen LogP contribution in [0.15, 0.2) is 47.4 Å². The van der Waals surface area contributed by atoms with Gasteiger partial charge in [-0.3, -0.25) is 9.59 Å². The summed E-state index contributed by atoms with van der Waals surface area (Å²) in [6, 6.07) is 6.94. The first-order valence-electron chi connectivity index (χ1n) is 6.32. The van der Waals surface area contributed by atoms with Crippen LogP contribution in [-0.2, 0) is 0 Å². The molecule has 0 amide bonds. The number of halogens is 1. The van der Waals surface area contributed by atoms with E-state index in [0.717, 1.165) is 0 Å². The molecule has 2 aromatic rings. The van der Waals surface area contributed by atoms with Crippen molar-refractivity contribution in [3.8, 4) is 5.75 Å². The highest BCUT2D eigenvalue weighted by atomic mass is 35.5. The smallest absolute Gasteiger partial charge is 0.213 e. The summed E-state index contributed by atoms with van der Waals surface area (Å²) in [6.07, 6.45) is 2.49. The van der Waals surface area contributed by atoms with Gasteiger partial charge in [-0.1, -0.05) is 17.7 Å². The molecule has 0 atom stereocenters. The second-order valence-corrected chi connectivity index (χ2v) is 4.90. The molecule has 6 nitrogen and oxygen atoms in total. The van der Waals surface area contributed by atoms with E-state index in [1.54, 1.807) is 24.3 Å². The van der Waals surface area contributed by atoms with Crippen LogP contribution >= 0.6 is 11.6 Å². The third-order valence-corrected chi connectivity index (χ3v) is 3.57. The number of allylic oxidation sites excluding steroid dienone is 2. The van der Waals surface area contributed by atoms with Gasteiger partial charge in [-0.15, -0.1) is 0 Å². The number of ether oxygens (including phenoxy) is 1. The number of carbonyl (C=O) groups is 2. The van der Waals surface area contributed by atoms with E-state index in [0.29, 0.717) is 11.4 Å². The monoisotopic (exact) mass is 315 g/mol. The van der Waals surface area contributed by atoms with E-state index in [2.05, 4.69) is 15.5 Å². The number of anilines is 1. The quantitative estimate of drug-likeness (QED) is 0.937. The molecule has 0 saturated carbocycles. The Morgan fingerprint density at radius 1 is 1.09 bits per heavy atom. The zero-order valence-corrected chi connectivity index (χ0v) is 12.2. The Morgan fingerprint density at radius 3 is 2.45 bits per heavy atom. The van der Waals surface area contributed by atoms with Crippen molar-refractivity contribution in [2.45, 2.75) is 0 Å². The van der Waals surface area contributed by atoms with Gasteiger partial charge in [-0.2, -0.15) is 10.2 Å². The molecule has 7 heteroatoms. The highest BCUT2D eigenvalue weighted by Crippen LogP contribution is 2.29. The lowest BCUT2D eigenvalue weighted by atomic mass is 9.95. The van der Waals surface area contributed by atoms with E-state index in [1.165, 1.54) is 19.5 Å². The number of benzene rings is 1. The standard InChI is InChI=1S/C15H10ClN3O3/c1-22-9-4-2-3-8(5-9)19-13-12(16)14(20)10-6-17-18-7-11(10)15(13)21/h2-7,19H,1H3. The molecule has 1 N–H and O–H groups in total. The highest BCUT2D eigenvalue weighted by molar-refractivity contribution is 6.50. The minimum absolute atomic E-state index is 0.0143. The average molecular weight is 316 g/mol. The number of hydrogen-bond acceptors (Lipinski definition) is 6. The number of methoxy groups -OCH3 is 1. The van der Waals surface area contributed by atoms with E-state index in [4.69, 9.17) is 16.3 Å². The molecule has 1 aromatic carbocycles. The molecule has 0 unspecified atom stereocenters. The van der Waals surface area contributed by atoms with Crippen molar-refractivity contribution in [2.24, 2.45) is 0 Å². The fraction of sp³-hybridized carbons (Fsp3) is 0.0667. The lowest BCUT2D eigenvalue weighted by Crippen LogP contribution is -2.24. The molecule has 1 aliphatic rings. The van der Waals surface area contributed by atoms with Crippen molar-refractivity contribution < 1.29 is 14.3 Å². The number of Topliss-reactive ketones (excluding diaryl/α,β-unsaturated/α-hetero) is 2. The maximum Gasteiger partial charge on any atom is 0.213 e. The minimum atomic E-state index is -0.462. The van der Waals surface area contributed by atoms with Gasteiger partial charge in [0.05, 0.1) is 30.6 Å². The largest absolute Gasteiger partial charge is 0.497 e. The predicted molar refractivity (Wildman–Crippen MR) is 80.2 cm³/mol. The molecule has 0 saturated heterocycles. The maximum absolute atomic E-state index is 12.5. The van der Waals surface area contributed by atoms with Crippen molar-refractivity contribution in [1.82, 2.24) is 10.2 Å². The average Bonchev–Trinajstić information content (AvgIpc) is 2.57. The Hall–Kier alpha value is -2.73. The third-order valence-electron chi connectivity index (χ3n) is 3.20. The van der Waals surface area contributed by atoms with Crippen LogP contribution < -0.4 is 10.1 Å². The first-order valence-corrected chi connectivity index (χ1v) is 6.70. The molecule has 0 aliphatic heterocycles. The lowest BCUT2D eigenvalue weighted by Gasteiger charge is -2.18. The minimum Gasteiger partial charge on any atom is -0.497 e. The van der Waals surface area contributed by atoms with Gasteiger partial charge in [-0.05, 0) is 12.1 Å². The Balaban J connectivity index is 2.01. The van der Waals surface area contributed by atoms with E-state index in [-0.39, 0.29) is 21.9 Å². The van der Waals surface area contributed by atoms with Crippen LogP contribution in [0.25, 0.3) is 0 Å². The lowest BCUT2D eigenvalue weighted by molar-refractivity contribution is 0.0981. The normalized spacial score (nSPS) is 13.9. The van der Waals surface area contributed by atoms with Crippen molar-refractivity contribution in [3.63, 3.8) is 0 Å². The molecule has 0 radical (unpaired) electrons. The van der Waals surface area contributed by atoms with Crippen molar-refractivity contribution in [3.05, 3.63) is 58.5 Å². The van der Waals surface area contributed by atoms with Crippen LogP contribution in [0, 0.1) is 0 Å². The van der Waals surface area contributed by atoms with E-state index in [9.17, 15) is 9.59 Å². The summed E-state index contributed by atoms with van der Waals surface area (Å²) in [6.45, 7) is 0. The molecule has 3 rings (SSSR count). The number of hydrogen-bond donors (Lipinski definition) is 1. The van der Waals surface area contributed by atoms with Gasteiger partial charge in [-0.25, -0.2) is 0 Å². The van der Waals surface area contributed by atoms with Gasteiger partial charge in [0.15, 0.2) is 0 Å². The van der Waals surface area contributed by atoms with Crippen molar-refractivity contribution >= 4 is 28.9 Å². The van der Waals surface area contributed by atoms with Crippen LogP contribution in [0.4, 0.5) is 5.69 Å². The Labute approximate surface area is 130 Å². The molecular weight excluding hydrogens is 306 g/mol. The van der Waals surface area contributed by atoms with E-state index < -0.39 is 11.6 Å². The zero-order valence-electron chi connectivity index (χ0n) is 11.5. The van der Waals surface area contributed by atoms with Crippen LogP contribution in [0.2, 0.25) is 0 Å². The van der Waals surface area contributed by atoms with Gasteiger partial charge < -0.3 is 10.1 Å². The molecule has 22 heavy (non-hydrogen) atoms. The van der Waals surface area contributed by atoms with Gasteiger partial charge in [0.1, 0.15) is 16.5 Å². The van der Waals surface area contributed by atoms with Crippen LogP contribution in [0.5, 0.6) is 5.75 Å². The Bertz CT molecular complexity index is 817. The second kappa shape index (κ2) is 5.57. The summed E-state index contributed by atoms with van der Waals surface area (Å²) in [5.74, 6) is -0.253. The maximum atomic E-state index is 12.5. The molecule has 0 bridgehead atoms. The second-order valence-electron chi connectivity index (χ2n) is 4.52. The fourth-order valence-corrected chi connectivity index (χ4v) is 2.34. The fourth-order valence-electron chi connectivity index (χ4n) is 2.11.